The smallest absolute Gasteiger partial charge is 0.184 e. The van der Waals surface area contributed by atoms with Crippen LogP contribution in [0.25, 0.3) is 10.2 Å². The number of nitrogens with zero attached hydrogens (tertiary/aromatic N) is 1. The summed E-state index contributed by atoms with van der Waals surface area (Å²) in [5.41, 5.74) is 1.01. The molecule has 5 heteroatoms. The Bertz CT molecular complexity index is 498. The van der Waals surface area contributed by atoms with Gasteiger partial charge in [0, 0.05) is 11.1 Å². The zero-order valence-electron chi connectivity index (χ0n) is 9.87. The monoisotopic (exact) mass is 286 g/mol. The van der Waals surface area contributed by atoms with Crippen molar-refractivity contribution in [1.82, 2.24) is 4.98 Å². The summed E-state index contributed by atoms with van der Waals surface area (Å²) in [6, 6.07) is 6.27. The van der Waals surface area contributed by atoms with E-state index in [0.29, 0.717) is 6.04 Å². The Morgan fingerprint density at radius 3 is 3.12 bits per heavy atom. The number of hydrogen-bond donors (Lipinski definition) is 1. The molecule has 92 valence electrons. The number of nitrogens with one attached hydrogen (secondary N) is 1. The van der Waals surface area contributed by atoms with E-state index in [0.717, 1.165) is 26.8 Å². The molecule has 0 saturated carbocycles. The predicted molar refractivity (Wildman–Crippen MR) is 80.7 cm³/mol. The van der Waals surface area contributed by atoms with Gasteiger partial charge in [0.2, 0.25) is 0 Å². The Kier molecular flexibility index (Phi) is 4.54. The topological polar surface area (TPSA) is 24.9 Å². The van der Waals surface area contributed by atoms with Gasteiger partial charge in [-0.25, -0.2) is 4.98 Å². The van der Waals surface area contributed by atoms with Crippen molar-refractivity contribution in [2.45, 2.75) is 19.4 Å². The highest BCUT2D eigenvalue weighted by atomic mass is 35.5. The number of fused-ring (bicyclic) bond motifs is 1. The van der Waals surface area contributed by atoms with Crippen molar-refractivity contribution in [2.75, 3.05) is 17.3 Å². The van der Waals surface area contributed by atoms with Gasteiger partial charge in [-0.05, 0) is 43.6 Å². The quantitative estimate of drug-likeness (QED) is 0.876. The fourth-order valence-electron chi connectivity index (χ4n) is 1.54. The minimum absolute atomic E-state index is 0.457. The molecule has 0 aliphatic carbocycles. The van der Waals surface area contributed by atoms with E-state index >= 15 is 0 Å². The molecule has 0 aliphatic rings. The number of thioether (sulfide) groups is 1. The SMILES string of the molecule is CSCCC(C)Nc1nc2ccc(Cl)cc2s1. The van der Waals surface area contributed by atoms with Crippen molar-refractivity contribution < 1.29 is 0 Å². The average Bonchev–Trinajstić information content (AvgIpc) is 2.67. The first-order valence-electron chi connectivity index (χ1n) is 5.50. The molecule has 1 unspecified atom stereocenters. The lowest BCUT2D eigenvalue weighted by molar-refractivity contribution is 0.771. The van der Waals surface area contributed by atoms with Gasteiger partial charge in [-0.3, -0.25) is 0 Å². The number of anilines is 1. The Labute approximate surface area is 115 Å². The van der Waals surface area contributed by atoms with E-state index in [4.69, 9.17) is 11.6 Å². The van der Waals surface area contributed by atoms with Gasteiger partial charge in [-0.2, -0.15) is 11.8 Å². The largest absolute Gasteiger partial charge is 0.359 e. The van der Waals surface area contributed by atoms with Gasteiger partial charge in [0.15, 0.2) is 5.13 Å². The van der Waals surface area contributed by atoms with Crippen LogP contribution in [0.4, 0.5) is 5.13 Å². The van der Waals surface area contributed by atoms with E-state index in [-0.39, 0.29) is 0 Å². The fourth-order valence-corrected chi connectivity index (χ4v) is 3.38. The zero-order valence-corrected chi connectivity index (χ0v) is 12.3. The first-order valence-corrected chi connectivity index (χ1v) is 8.09. The van der Waals surface area contributed by atoms with Crippen LogP contribution in [0.1, 0.15) is 13.3 Å². The van der Waals surface area contributed by atoms with Crippen LogP contribution in [0.3, 0.4) is 0 Å². The van der Waals surface area contributed by atoms with Crippen LogP contribution >= 0.6 is 34.7 Å². The third-order valence-electron chi connectivity index (χ3n) is 2.48. The second-order valence-corrected chi connectivity index (χ2v) is 6.41. The Morgan fingerprint density at radius 1 is 1.53 bits per heavy atom. The molecule has 0 saturated heterocycles. The molecule has 0 fully saturated rings. The lowest BCUT2D eigenvalue weighted by atomic mass is 10.3. The maximum absolute atomic E-state index is 5.96. The zero-order chi connectivity index (χ0) is 12.3. The maximum Gasteiger partial charge on any atom is 0.184 e. The summed E-state index contributed by atoms with van der Waals surface area (Å²) in [5, 5.41) is 5.19. The minimum Gasteiger partial charge on any atom is -0.359 e. The van der Waals surface area contributed by atoms with Gasteiger partial charge in [0.05, 0.1) is 10.2 Å². The summed E-state index contributed by atoms with van der Waals surface area (Å²) in [4.78, 5) is 4.54. The van der Waals surface area contributed by atoms with E-state index in [2.05, 4.69) is 23.5 Å². The number of thiazole rings is 1. The van der Waals surface area contributed by atoms with Gasteiger partial charge in [0.25, 0.3) is 0 Å². The molecule has 2 aromatic rings. The molecule has 0 bridgehead atoms. The van der Waals surface area contributed by atoms with E-state index in [1.165, 1.54) is 5.75 Å². The van der Waals surface area contributed by atoms with Crippen LogP contribution in [0.15, 0.2) is 18.2 Å². The van der Waals surface area contributed by atoms with Gasteiger partial charge in [-0.15, -0.1) is 0 Å². The third-order valence-corrected chi connectivity index (χ3v) is 4.30. The van der Waals surface area contributed by atoms with E-state index in [9.17, 15) is 0 Å². The predicted octanol–water partition coefficient (Wildman–Crippen LogP) is 4.50. The van der Waals surface area contributed by atoms with Crippen molar-refractivity contribution in [3.8, 4) is 0 Å². The van der Waals surface area contributed by atoms with Crippen LogP contribution in [-0.2, 0) is 0 Å². The molecule has 0 radical (unpaired) electrons. The van der Waals surface area contributed by atoms with Crippen molar-refractivity contribution in [2.24, 2.45) is 0 Å². The lowest BCUT2D eigenvalue weighted by Gasteiger charge is -2.11. The molecule has 2 rings (SSSR count). The normalized spacial score (nSPS) is 12.9. The van der Waals surface area contributed by atoms with Gasteiger partial charge in [-0.1, -0.05) is 22.9 Å². The van der Waals surface area contributed by atoms with Crippen LogP contribution in [0.2, 0.25) is 5.02 Å². The number of rotatable bonds is 5. The highest BCUT2D eigenvalue weighted by Gasteiger charge is 2.07. The van der Waals surface area contributed by atoms with Crippen LogP contribution in [-0.4, -0.2) is 23.0 Å². The molecule has 2 nitrogen and oxygen atoms in total. The van der Waals surface area contributed by atoms with E-state index in [1.807, 2.05) is 30.0 Å². The second-order valence-electron chi connectivity index (χ2n) is 3.96. The van der Waals surface area contributed by atoms with Crippen molar-refractivity contribution in [3.63, 3.8) is 0 Å². The molecule has 0 aliphatic heterocycles. The molecular weight excluding hydrogens is 272 g/mol. The molecule has 1 heterocycles. The molecule has 0 spiro atoms. The maximum atomic E-state index is 5.96. The van der Waals surface area contributed by atoms with Crippen molar-refractivity contribution >= 4 is 50.0 Å². The first-order chi connectivity index (χ1) is 8.19. The van der Waals surface area contributed by atoms with Crippen LogP contribution < -0.4 is 5.32 Å². The summed E-state index contributed by atoms with van der Waals surface area (Å²) in [5.74, 6) is 1.17. The molecule has 1 aromatic carbocycles. The Balaban J connectivity index is 2.08. The van der Waals surface area contributed by atoms with Gasteiger partial charge < -0.3 is 5.32 Å². The summed E-state index contributed by atoms with van der Waals surface area (Å²) in [7, 11) is 0. The van der Waals surface area contributed by atoms with Gasteiger partial charge >= 0.3 is 0 Å². The average molecular weight is 287 g/mol. The highest BCUT2D eigenvalue weighted by molar-refractivity contribution is 7.98. The summed E-state index contributed by atoms with van der Waals surface area (Å²) in [6.07, 6.45) is 3.28. The first kappa shape index (κ1) is 13.0. The third kappa shape index (κ3) is 3.50. The highest BCUT2D eigenvalue weighted by Crippen LogP contribution is 2.28. The van der Waals surface area contributed by atoms with Gasteiger partial charge in [0.1, 0.15) is 0 Å². The molecule has 1 atom stereocenters. The molecule has 1 N–H and O–H groups in total. The van der Waals surface area contributed by atoms with Crippen LogP contribution in [0.5, 0.6) is 0 Å². The summed E-state index contributed by atoms with van der Waals surface area (Å²) in [6.45, 7) is 2.19. The number of benzene rings is 1. The Morgan fingerprint density at radius 2 is 2.35 bits per heavy atom. The summed E-state index contributed by atoms with van der Waals surface area (Å²) < 4.78 is 1.14. The molecule has 17 heavy (non-hydrogen) atoms. The number of halogens is 1. The fraction of sp³-hybridized carbons (Fsp3) is 0.417. The summed E-state index contributed by atoms with van der Waals surface area (Å²) >= 11 is 9.49. The second kappa shape index (κ2) is 5.94. The number of hydrogen-bond acceptors (Lipinski definition) is 4. The molecule has 0 amide bonds. The molecular formula is C12H15ClN2S2. The van der Waals surface area contributed by atoms with Crippen molar-refractivity contribution in [3.05, 3.63) is 23.2 Å². The standard InChI is InChI=1S/C12H15ClN2S2/c1-8(5-6-16-2)14-12-15-10-4-3-9(13)7-11(10)17-12/h3-4,7-8H,5-6H2,1-2H3,(H,14,15). The van der Waals surface area contributed by atoms with Crippen molar-refractivity contribution in [1.29, 1.82) is 0 Å². The Hall–Kier alpha value is -0.450. The number of aromatic nitrogens is 1. The van der Waals surface area contributed by atoms with E-state index in [1.54, 1.807) is 11.3 Å². The lowest BCUT2D eigenvalue weighted by Crippen LogP contribution is -2.15. The van der Waals surface area contributed by atoms with E-state index < -0.39 is 0 Å². The van der Waals surface area contributed by atoms with Crippen LogP contribution in [0, 0.1) is 0 Å². The molecule has 1 aromatic heterocycles. The minimum atomic E-state index is 0.457.